The first-order valence-corrected chi connectivity index (χ1v) is 5.66. The fourth-order valence-electron chi connectivity index (χ4n) is 1.20. The monoisotopic (exact) mass is 236 g/mol. The molecule has 1 fully saturated rings. The maximum Gasteiger partial charge on any atom is 0.0517 e. The highest BCUT2D eigenvalue weighted by molar-refractivity contribution is 9.09. The molecule has 3 heteroatoms. The number of hydrogen-bond donors (Lipinski definition) is 0. The van der Waals surface area contributed by atoms with Gasteiger partial charge >= 0.3 is 0 Å². The van der Waals surface area contributed by atoms with Crippen LogP contribution in [0.2, 0.25) is 0 Å². The Kier molecular flexibility index (Phi) is 5.19. The van der Waals surface area contributed by atoms with Gasteiger partial charge in [0.2, 0.25) is 0 Å². The summed E-state index contributed by atoms with van der Waals surface area (Å²) in [5.74, 6) is 1.26. The van der Waals surface area contributed by atoms with Crippen molar-refractivity contribution in [1.82, 2.24) is 0 Å². The van der Waals surface area contributed by atoms with Gasteiger partial charge in [0.1, 0.15) is 0 Å². The molecule has 0 aromatic heterocycles. The number of rotatable bonds is 5. The predicted molar refractivity (Wildman–Crippen MR) is 52.7 cm³/mol. The summed E-state index contributed by atoms with van der Waals surface area (Å²) < 4.78 is 10.8. The molecular weight excluding hydrogens is 220 g/mol. The molecule has 72 valence electrons. The molecule has 2 nitrogen and oxygen atoms in total. The lowest BCUT2D eigenvalue weighted by molar-refractivity contribution is 0.0740. The van der Waals surface area contributed by atoms with Crippen molar-refractivity contribution in [3.05, 3.63) is 0 Å². The van der Waals surface area contributed by atoms with E-state index < -0.39 is 0 Å². The zero-order valence-electron chi connectivity index (χ0n) is 7.59. The van der Waals surface area contributed by atoms with E-state index in [2.05, 4.69) is 22.9 Å². The number of halogens is 1. The van der Waals surface area contributed by atoms with Crippen LogP contribution in [-0.2, 0) is 9.47 Å². The SMILES string of the molecule is CC(CBr)COCC1CCOC1. The third-order valence-corrected chi connectivity index (χ3v) is 3.15. The average Bonchev–Trinajstić information content (AvgIpc) is 2.57. The zero-order chi connectivity index (χ0) is 8.81. The van der Waals surface area contributed by atoms with Crippen LogP contribution in [0.3, 0.4) is 0 Å². The van der Waals surface area contributed by atoms with Gasteiger partial charge in [-0.2, -0.15) is 0 Å². The molecule has 0 spiro atoms. The Morgan fingerprint density at radius 1 is 1.67 bits per heavy atom. The molecule has 1 saturated heterocycles. The molecule has 0 aliphatic carbocycles. The van der Waals surface area contributed by atoms with Crippen molar-refractivity contribution < 1.29 is 9.47 Å². The van der Waals surface area contributed by atoms with Crippen LogP contribution in [0.25, 0.3) is 0 Å². The second kappa shape index (κ2) is 5.95. The first-order chi connectivity index (χ1) is 5.83. The second-order valence-corrected chi connectivity index (χ2v) is 4.17. The summed E-state index contributed by atoms with van der Waals surface area (Å²) in [6.07, 6.45) is 1.17. The van der Waals surface area contributed by atoms with Gasteiger partial charge < -0.3 is 9.47 Å². The van der Waals surface area contributed by atoms with Gasteiger partial charge in [-0.3, -0.25) is 0 Å². The van der Waals surface area contributed by atoms with Crippen molar-refractivity contribution in [2.45, 2.75) is 13.3 Å². The third kappa shape index (κ3) is 3.87. The van der Waals surface area contributed by atoms with Gasteiger partial charge in [0, 0.05) is 24.5 Å². The van der Waals surface area contributed by atoms with Gasteiger partial charge in [0.05, 0.1) is 13.2 Å². The first kappa shape index (κ1) is 10.5. The van der Waals surface area contributed by atoms with Crippen molar-refractivity contribution in [2.24, 2.45) is 11.8 Å². The summed E-state index contributed by atoms with van der Waals surface area (Å²) in [6, 6.07) is 0. The lowest BCUT2D eigenvalue weighted by Gasteiger charge is -2.11. The summed E-state index contributed by atoms with van der Waals surface area (Å²) in [4.78, 5) is 0. The van der Waals surface area contributed by atoms with E-state index in [0.29, 0.717) is 11.8 Å². The Morgan fingerprint density at radius 2 is 2.50 bits per heavy atom. The van der Waals surface area contributed by atoms with Gasteiger partial charge in [-0.1, -0.05) is 22.9 Å². The summed E-state index contributed by atoms with van der Waals surface area (Å²) in [6.45, 7) is 5.73. The molecule has 0 N–H and O–H groups in total. The highest BCUT2D eigenvalue weighted by Gasteiger charge is 2.15. The smallest absolute Gasteiger partial charge is 0.0517 e. The highest BCUT2D eigenvalue weighted by Crippen LogP contribution is 2.12. The van der Waals surface area contributed by atoms with E-state index in [0.717, 1.165) is 31.8 Å². The molecule has 1 heterocycles. The first-order valence-electron chi connectivity index (χ1n) is 4.54. The number of ether oxygens (including phenoxy) is 2. The van der Waals surface area contributed by atoms with E-state index in [1.54, 1.807) is 0 Å². The van der Waals surface area contributed by atoms with E-state index >= 15 is 0 Å². The molecule has 0 amide bonds. The van der Waals surface area contributed by atoms with Crippen LogP contribution in [0.4, 0.5) is 0 Å². The topological polar surface area (TPSA) is 18.5 Å². The maximum atomic E-state index is 5.56. The van der Waals surface area contributed by atoms with E-state index in [1.807, 2.05) is 0 Å². The Hall–Kier alpha value is 0.400. The van der Waals surface area contributed by atoms with Crippen molar-refractivity contribution in [3.8, 4) is 0 Å². The van der Waals surface area contributed by atoms with Crippen molar-refractivity contribution >= 4 is 15.9 Å². The predicted octanol–water partition coefficient (Wildman–Crippen LogP) is 2.07. The quantitative estimate of drug-likeness (QED) is 0.681. The molecule has 2 unspecified atom stereocenters. The molecule has 0 bridgehead atoms. The lowest BCUT2D eigenvalue weighted by atomic mass is 10.1. The molecule has 1 aliphatic rings. The fraction of sp³-hybridized carbons (Fsp3) is 1.00. The molecule has 0 aromatic rings. The molecule has 0 saturated carbocycles. The van der Waals surface area contributed by atoms with Crippen molar-refractivity contribution in [3.63, 3.8) is 0 Å². The van der Waals surface area contributed by atoms with E-state index in [4.69, 9.17) is 9.47 Å². The normalized spacial score (nSPS) is 26.0. The summed E-state index contributed by atoms with van der Waals surface area (Å²) in [5.41, 5.74) is 0. The van der Waals surface area contributed by atoms with Crippen LogP contribution < -0.4 is 0 Å². The minimum absolute atomic E-state index is 0.618. The molecule has 1 rings (SSSR count). The summed E-state index contributed by atoms with van der Waals surface area (Å²) in [7, 11) is 0. The molecule has 0 radical (unpaired) electrons. The van der Waals surface area contributed by atoms with Gasteiger partial charge in [-0.25, -0.2) is 0 Å². The summed E-state index contributed by atoms with van der Waals surface area (Å²) in [5, 5.41) is 1.02. The van der Waals surface area contributed by atoms with E-state index in [-0.39, 0.29) is 0 Å². The minimum Gasteiger partial charge on any atom is -0.381 e. The number of alkyl halides is 1. The zero-order valence-corrected chi connectivity index (χ0v) is 9.18. The minimum atomic E-state index is 0.618. The molecule has 0 aromatic carbocycles. The van der Waals surface area contributed by atoms with E-state index in [9.17, 15) is 0 Å². The molecule has 1 aliphatic heterocycles. The largest absolute Gasteiger partial charge is 0.381 e. The lowest BCUT2D eigenvalue weighted by Crippen LogP contribution is -2.14. The number of hydrogen-bond acceptors (Lipinski definition) is 2. The van der Waals surface area contributed by atoms with Crippen LogP contribution in [0.1, 0.15) is 13.3 Å². The maximum absolute atomic E-state index is 5.56. The highest BCUT2D eigenvalue weighted by atomic mass is 79.9. The van der Waals surface area contributed by atoms with Gasteiger partial charge in [-0.05, 0) is 12.3 Å². The van der Waals surface area contributed by atoms with Crippen LogP contribution in [0, 0.1) is 11.8 Å². The van der Waals surface area contributed by atoms with Crippen LogP contribution in [-0.4, -0.2) is 31.8 Å². The van der Waals surface area contributed by atoms with Crippen LogP contribution in [0.5, 0.6) is 0 Å². The van der Waals surface area contributed by atoms with Crippen molar-refractivity contribution in [1.29, 1.82) is 0 Å². The average molecular weight is 237 g/mol. The van der Waals surface area contributed by atoms with Gasteiger partial charge in [0.15, 0.2) is 0 Å². The Labute approximate surface area is 82.7 Å². The molecule has 12 heavy (non-hydrogen) atoms. The Morgan fingerprint density at radius 3 is 3.08 bits per heavy atom. The Bertz CT molecular complexity index is 113. The second-order valence-electron chi connectivity index (χ2n) is 3.53. The van der Waals surface area contributed by atoms with Crippen molar-refractivity contribution in [2.75, 3.05) is 31.8 Å². The summed E-state index contributed by atoms with van der Waals surface area (Å²) >= 11 is 3.42. The van der Waals surface area contributed by atoms with Gasteiger partial charge in [0.25, 0.3) is 0 Å². The van der Waals surface area contributed by atoms with Gasteiger partial charge in [-0.15, -0.1) is 0 Å². The van der Waals surface area contributed by atoms with Crippen LogP contribution in [0.15, 0.2) is 0 Å². The molecule has 2 atom stereocenters. The third-order valence-electron chi connectivity index (χ3n) is 2.04. The standard InChI is InChI=1S/C9H17BrO2/c1-8(4-10)5-12-7-9-2-3-11-6-9/h8-9H,2-7H2,1H3. The van der Waals surface area contributed by atoms with Crippen LogP contribution >= 0.6 is 15.9 Å². The Balaban J connectivity index is 1.94. The molecular formula is C9H17BrO2. The fourth-order valence-corrected chi connectivity index (χ4v) is 1.38. The van der Waals surface area contributed by atoms with E-state index in [1.165, 1.54) is 6.42 Å².